The van der Waals surface area contributed by atoms with Crippen molar-refractivity contribution in [3.63, 3.8) is 0 Å². The zero-order valence-electron chi connectivity index (χ0n) is 13.3. The molecule has 2 heterocycles. The molecule has 0 saturated carbocycles. The van der Waals surface area contributed by atoms with Crippen LogP contribution in [0.4, 0.5) is 5.82 Å². The molecule has 1 aromatic carbocycles. The van der Waals surface area contributed by atoms with Crippen LogP contribution in [0.3, 0.4) is 0 Å². The van der Waals surface area contributed by atoms with Gasteiger partial charge in [0.15, 0.2) is 17.1 Å². The number of aromatic nitrogens is 1. The predicted molar refractivity (Wildman–Crippen MR) is 89.1 cm³/mol. The molecule has 128 valence electrons. The van der Waals surface area contributed by atoms with E-state index in [1.54, 1.807) is 24.3 Å². The molecule has 1 aromatic heterocycles. The van der Waals surface area contributed by atoms with Crippen molar-refractivity contribution in [2.75, 3.05) is 31.5 Å². The molecule has 0 radical (unpaired) electrons. The molecular weight excluding hydrogens is 310 g/mol. The van der Waals surface area contributed by atoms with Gasteiger partial charge in [-0.15, -0.1) is 0 Å². The average Bonchev–Trinajstić information content (AvgIpc) is 3.23. The zero-order chi connectivity index (χ0) is 16.9. The second-order valence-corrected chi connectivity index (χ2v) is 5.95. The Labute approximate surface area is 139 Å². The van der Waals surface area contributed by atoms with Crippen molar-refractivity contribution in [1.29, 1.82) is 0 Å². The first-order valence-electron chi connectivity index (χ1n) is 8.08. The van der Waals surface area contributed by atoms with Gasteiger partial charge in [0.2, 0.25) is 0 Å². The fraction of sp³-hybridized carbons (Fsp3) is 0.412. The minimum atomic E-state index is -1.12. The largest absolute Gasteiger partial charge is 0.477 e. The molecule has 24 heavy (non-hydrogen) atoms. The van der Waals surface area contributed by atoms with Crippen LogP contribution in [0.5, 0.6) is 0 Å². The van der Waals surface area contributed by atoms with Gasteiger partial charge in [0.1, 0.15) is 0 Å². The van der Waals surface area contributed by atoms with E-state index in [2.05, 4.69) is 15.4 Å². The van der Waals surface area contributed by atoms with Crippen LogP contribution in [0, 0.1) is 0 Å². The number of aliphatic hydroxyl groups is 1. The lowest BCUT2D eigenvalue weighted by molar-refractivity contribution is 0.0698. The van der Waals surface area contributed by atoms with Gasteiger partial charge in [0.05, 0.1) is 6.10 Å². The monoisotopic (exact) mass is 331 g/mol. The molecule has 1 unspecified atom stereocenters. The van der Waals surface area contributed by atoms with E-state index in [-0.39, 0.29) is 23.7 Å². The predicted octanol–water partition coefficient (Wildman–Crippen LogP) is 1.91. The van der Waals surface area contributed by atoms with Gasteiger partial charge in [0.25, 0.3) is 0 Å². The summed E-state index contributed by atoms with van der Waals surface area (Å²) in [5.74, 6) is -0.770. The molecule has 7 nitrogen and oxygen atoms in total. The van der Waals surface area contributed by atoms with Crippen LogP contribution in [-0.4, -0.2) is 58.5 Å². The number of nitrogens with one attached hydrogen (secondary N) is 1. The van der Waals surface area contributed by atoms with Crippen molar-refractivity contribution >= 4 is 11.8 Å². The molecule has 0 amide bonds. The molecule has 3 rings (SSSR count). The van der Waals surface area contributed by atoms with E-state index in [0.29, 0.717) is 12.1 Å². The third-order valence-corrected chi connectivity index (χ3v) is 4.11. The number of likely N-dealkylation sites (tertiary alicyclic amines) is 1. The number of carboxylic acids is 1. The van der Waals surface area contributed by atoms with Gasteiger partial charge in [-0.25, -0.2) is 4.79 Å². The zero-order valence-corrected chi connectivity index (χ0v) is 13.3. The molecule has 0 spiro atoms. The maximum Gasteiger partial charge on any atom is 0.343 e. The highest BCUT2D eigenvalue weighted by Gasteiger charge is 2.24. The second-order valence-electron chi connectivity index (χ2n) is 5.95. The summed E-state index contributed by atoms with van der Waals surface area (Å²) in [6.45, 7) is 2.79. The number of carbonyl (C=O) groups is 1. The minimum Gasteiger partial charge on any atom is -0.477 e. The lowest BCUT2D eigenvalue weighted by Gasteiger charge is -2.19. The van der Waals surface area contributed by atoms with Crippen molar-refractivity contribution in [2.24, 2.45) is 0 Å². The van der Waals surface area contributed by atoms with Crippen molar-refractivity contribution < 1.29 is 19.5 Å². The Bertz CT molecular complexity index is 680. The van der Waals surface area contributed by atoms with Crippen molar-refractivity contribution in [3.05, 3.63) is 35.9 Å². The molecule has 1 atom stereocenters. The number of benzene rings is 1. The Kier molecular flexibility index (Phi) is 5.12. The summed E-state index contributed by atoms with van der Waals surface area (Å²) >= 11 is 0. The SMILES string of the molecule is O=C(O)c1c(NCC(O)CN2CCCC2)noc1-c1ccccc1. The fourth-order valence-electron chi connectivity index (χ4n) is 2.94. The second kappa shape index (κ2) is 7.46. The Morgan fingerprint density at radius 2 is 2.00 bits per heavy atom. The maximum absolute atomic E-state index is 11.6. The molecule has 2 aromatic rings. The van der Waals surface area contributed by atoms with E-state index >= 15 is 0 Å². The molecular formula is C17H21N3O4. The number of carboxylic acid groups (broad SMARTS) is 1. The van der Waals surface area contributed by atoms with Gasteiger partial charge in [-0.2, -0.15) is 0 Å². The van der Waals surface area contributed by atoms with Crippen LogP contribution in [0.15, 0.2) is 34.9 Å². The summed E-state index contributed by atoms with van der Waals surface area (Å²) in [7, 11) is 0. The Balaban J connectivity index is 1.69. The van der Waals surface area contributed by atoms with E-state index in [1.807, 2.05) is 6.07 Å². The summed E-state index contributed by atoms with van der Waals surface area (Å²) in [5, 5.41) is 26.3. The lowest BCUT2D eigenvalue weighted by atomic mass is 10.1. The Morgan fingerprint density at radius 3 is 2.67 bits per heavy atom. The summed E-state index contributed by atoms with van der Waals surface area (Å²) in [6, 6.07) is 8.97. The van der Waals surface area contributed by atoms with Gasteiger partial charge < -0.3 is 25.0 Å². The molecule has 0 aliphatic carbocycles. The van der Waals surface area contributed by atoms with E-state index in [9.17, 15) is 15.0 Å². The third kappa shape index (κ3) is 3.74. The summed E-state index contributed by atoms with van der Waals surface area (Å²) in [4.78, 5) is 13.8. The average molecular weight is 331 g/mol. The number of aromatic carboxylic acids is 1. The Hall–Kier alpha value is -2.38. The highest BCUT2D eigenvalue weighted by molar-refractivity contribution is 5.99. The van der Waals surface area contributed by atoms with Gasteiger partial charge in [-0.3, -0.25) is 0 Å². The van der Waals surface area contributed by atoms with Gasteiger partial charge in [-0.1, -0.05) is 35.5 Å². The van der Waals surface area contributed by atoms with Crippen LogP contribution in [0.25, 0.3) is 11.3 Å². The molecule has 3 N–H and O–H groups in total. The van der Waals surface area contributed by atoms with Gasteiger partial charge >= 0.3 is 5.97 Å². The first kappa shape index (κ1) is 16.5. The summed E-state index contributed by atoms with van der Waals surface area (Å²) in [6.07, 6.45) is 1.72. The number of hydrogen-bond acceptors (Lipinski definition) is 6. The van der Waals surface area contributed by atoms with Crippen molar-refractivity contribution in [3.8, 4) is 11.3 Å². The number of rotatable bonds is 7. The third-order valence-electron chi connectivity index (χ3n) is 4.11. The number of hydrogen-bond donors (Lipinski definition) is 3. The summed E-state index contributed by atoms with van der Waals surface area (Å²) in [5.41, 5.74) is 0.627. The highest BCUT2D eigenvalue weighted by atomic mass is 16.5. The Morgan fingerprint density at radius 1 is 1.29 bits per heavy atom. The van der Waals surface area contributed by atoms with Crippen LogP contribution >= 0.6 is 0 Å². The van der Waals surface area contributed by atoms with Crippen molar-refractivity contribution in [1.82, 2.24) is 10.1 Å². The normalized spacial score (nSPS) is 16.2. The van der Waals surface area contributed by atoms with Crippen LogP contribution in [0.2, 0.25) is 0 Å². The first-order chi connectivity index (χ1) is 11.6. The number of β-amino-alcohol motifs (C(OH)–C–C–N with tert-alkyl or cyclic N) is 1. The van der Waals surface area contributed by atoms with E-state index in [4.69, 9.17) is 4.52 Å². The topological polar surface area (TPSA) is 98.8 Å². The fourth-order valence-corrected chi connectivity index (χ4v) is 2.94. The van der Waals surface area contributed by atoms with Crippen LogP contribution in [-0.2, 0) is 0 Å². The van der Waals surface area contributed by atoms with Crippen LogP contribution < -0.4 is 5.32 Å². The van der Waals surface area contributed by atoms with E-state index < -0.39 is 12.1 Å². The number of nitrogens with zero attached hydrogens (tertiary/aromatic N) is 2. The lowest BCUT2D eigenvalue weighted by Crippen LogP contribution is -2.34. The van der Waals surface area contributed by atoms with E-state index in [1.165, 1.54) is 0 Å². The van der Waals surface area contributed by atoms with Gasteiger partial charge in [0, 0.05) is 18.7 Å². The quantitative estimate of drug-likeness (QED) is 0.713. The smallest absolute Gasteiger partial charge is 0.343 e. The standard InChI is InChI=1S/C17H21N3O4/c21-13(11-20-8-4-5-9-20)10-18-16-14(17(22)23)15(24-19-16)12-6-2-1-3-7-12/h1-3,6-7,13,21H,4-5,8-11H2,(H,18,19)(H,22,23). The highest BCUT2D eigenvalue weighted by Crippen LogP contribution is 2.29. The van der Waals surface area contributed by atoms with Crippen molar-refractivity contribution in [2.45, 2.75) is 18.9 Å². The molecule has 1 aliphatic rings. The molecule has 1 saturated heterocycles. The number of anilines is 1. The molecule has 1 aliphatic heterocycles. The first-order valence-corrected chi connectivity index (χ1v) is 8.08. The molecule has 1 fully saturated rings. The maximum atomic E-state index is 11.6. The minimum absolute atomic E-state index is 0.0189. The van der Waals surface area contributed by atoms with E-state index in [0.717, 1.165) is 25.9 Å². The summed E-state index contributed by atoms with van der Waals surface area (Å²) < 4.78 is 5.22. The van der Waals surface area contributed by atoms with Crippen LogP contribution in [0.1, 0.15) is 23.2 Å². The molecule has 0 bridgehead atoms. The number of aliphatic hydroxyl groups excluding tert-OH is 1. The molecule has 7 heteroatoms. The van der Waals surface area contributed by atoms with Gasteiger partial charge in [-0.05, 0) is 25.9 Å².